The normalized spacial score (nSPS) is 12.4. The van der Waals surface area contributed by atoms with E-state index in [0.717, 1.165) is 75.6 Å². The van der Waals surface area contributed by atoms with Crippen molar-refractivity contribution in [1.29, 1.82) is 0 Å². The van der Waals surface area contributed by atoms with Gasteiger partial charge in [-0.1, -0.05) is 266 Å². The molecule has 0 saturated heterocycles. The van der Waals surface area contributed by atoms with Crippen LogP contribution < -0.4 is 0 Å². The van der Waals surface area contributed by atoms with Gasteiger partial charge in [0.1, 0.15) is 0 Å². The van der Waals surface area contributed by atoms with E-state index in [1.165, 1.54) is 256 Å². The van der Waals surface area contributed by atoms with Gasteiger partial charge in [0.25, 0.3) is 0 Å². The fraction of sp³-hybridized carbons (Fsp3) is 0.718. The Morgan fingerprint density at radius 3 is 1.01 bits per heavy atom. The number of hydrogen-bond acceptors (Lipinski definition) is 0. The smallest absolute Gasteiger partial charge is 0.493 e. The Kier molecular flexibility index (Phi) is 49.9. The molecule has 0 N–H and O–H groups in total. The molecule has 0 saturated carbocycles. The first-order chi connectivity index (χ1) is 35.8. The third-order valence-corrected chi connectivity index (χ3v) is 15.0. The van der Waals surface area contributed by atoms with E-state index in [-0.39, 0.29) is 16.5 Å². The van der Waals surface area contributed by atoms with Gasteiger partial charge in [0.15, 0.2) is 0 Å². The largest absolute Gasteiger partial charge is 2.00 e. The molecule has 74 heavy (non-hydrogen) atoms. The Balaban J connectivity index is 0.00000269. The third-order valence-electron chi connectivity index (χ3n) is 15.0. The molecule has 0 bridgehead atoms. The fourth-order valence-electron chi connectivity index (χ4n) is 10.3. The number of hydrogen-bond donors (Lipinski definition) is 0. The minimum Gasteiger partial charge on any atom is -0.493 e. The van der Waals surface area contributed by atoms with Crippen LogP contribution in [0, 0.1) is 13.8 Å². The maximum absolute atomic E-state index is 12.7. The summed E-state index contributed by atoms with van der Waals surface area (Å²) in [5, 5.41) is 0. The second-order valence-electron chi connectivity index (χ2n) is 22.2. The molecule has 3 rings (SSSR count). The molecule has 0 radical (unpaired) electrons. The molecule has 1 aliphatic heterocycles. The van der Waals surface area contributed by atoms with E-state index >= 15 is 0 Å². The first-order valence-corrected chi connectivity index (χ1v) is 32.3. The van der Waals surface area contributed by atoms with Gasteiger partial charge in [0.05, 0.1) is 5.57 Å². The van der Waals surface area contributed by atoms with Crippen molar-refractivity contribution in [3.63, 3.8) is 0 Å². The van der Waals surface area contributed by atoms with Crippen molar-refractivity contribution in [3.8, 4) is 0 Å². The number of rotatable bonds is 44. The van der Waals surface area contributed by atoms with Gasteiger partial charge in [0.2, 0.25) is 11.4 Å². The molecule has 0 unspecified atom stereocenters. The molecule has 1 heterocycles. The van der Waals surface area contributed by atoms with Crippen LogP contribution in [0.15, 0.2) is 59.7 Å². The van der Waals surface area contributed by atoms with Crippen LogP contribution in [0.2, 0.25) is 0 Å². The predicted octanol–water partition coefficient (Wildman–Crippen LogP) is 24.6. The first kappa shape index (κ1) is 71.8. The summed E-state index contributed by atoms with van der Waals surface area (Å²) in [6.45, 7) is 25.9. The Morgan fingerprint density at radius 1 is 0.351 bits per heavy atom. The molecule has 0 atom stereocenters. The van der Waals surface area contributed by atoms with E-state index in [2.05, 4.69) is 118 Å². The van der Waals surface area contributed by atoms with Crippen LogP contribution in [-0.4, -0.2) is 4.70 Å². The second-order valence-corrected chi connectivity index (χ2v) is 22.2. The Morgan fingerprint density at radius 2 is 0.649 bits per heavy atom. The molecule has 0 fully saturated rings. The molecular weight excluding hydrogens is 939 g/mol. The number of benzene rings is 2. The van der Waals surface area contributed by atoms with Crippen molar-refractivity contribution in [1.82, 2.24) is 0 Å². The van der Waals surface area contributed by atoms with Crippen LogP contribution in [0.4, 0.5) is 0 Å². The van der Waals surface area contributed by atoms with Crippen molar-refractivity contribution in [2.45, 2.75) is 331 Å². The molecule has 0 spiro atoms. The summed E-state index contributed by atoms with van der Waals surface area (Å²) in [6.07, 6.45) is 59.5. The Hall–Kier alpha value is -2.25. The van der Waals surface area contributed by atoms with E-state index in [1.807, 2.05) is 0 Å². The average molecular weight is 1060 g/mol. The quantitative estimate of drug-likeness (QED) is 0.0274. The van der Waals surface area contributed by atoms with Crippen LogP contribution in [-0.2, 0) is 42.2 Å². The van der Waals surface area contributed by atoms with Gasteiger partial charge in [-0.2, -0.15) is 12.8 Å². The van der Waals surface area contributed by atoms with Gasteiger partial charge in [-0.3, -0.25) is 0 Å². The number of nitrogens with zero attached hydrogens (tertiary/aromatic N) is 2. The van der Waals surface area contributed by atoms with Gasteiger partial charge in [-0.25, -0.2) is 4.70 Å². The molecule has 1 aliphatic rings. The molecule has 0 aromatic heterocycles. The SMILES string of the molecule is CCCCCCCCCC=CC1=C(c2cc(CCCCCCCC)cc(CCCCCCCC)c2)[N+](=[N-])C(c2cc(CCCC)cc(CCCC)c2)=C1CCCC.[CH2-]CCCCCCC.[CH2-]CCCCCCC.[Ni+2]. The van der Waals surface area contributed by atoms with Gasteiger partial charge >= 0.3 is 16.5 Å². The van der Waals surface area contributed by atoms with Crippen LogP contribution >= 0.6 is 0 Å². The molecule has 2 nitrogen and oxygen atoms in total. The molecular formula is C71H122N2Ni. The summed E-state index contributed by atoms with van der Waals surface area (Å²) in [5.74, 6) is 0. The zero-order chi connectivity index (χ0) is 53.4. The Bertz CT molecular complexity index is 1630. The maximum atomic E-state index is 12.7. The molecule has 3 heteroatoms. The third kappa shape index (κ3) is 33.8. The Labute approximate surface area is 473 Å². The van der Waals surface area contributed by atoms with Gasteiger partial charge in [0, 0.05) is 16.7 Å². The van der Waals surface area contributed by atoms with Gasteiger partial charge in [-0.15, -0.1) is 0 Å². The second kappa shape index (κ2) is 51.5. The molecule has 2 aromatic carbocycles. The molecule has 0 amide bonds. The zero-order valence-corrected chi connectivity index (χ0v) is 51.6. The summed E-state index contributed by atoms with van der Waals surface area (Å²) in [7, 11) is 0. The summed E-state index contributed by atoms with van der Waals surface area (Å²) < 4.78 is 1.65. The van der Waals surface area contributed by atoms with Crippen LogP contribution in [0.5, 0.6) is 0 Å². The summed E-state index contributed by atoms with van der Waals surface area (Å²) in [5.41, 5.74) is 25.5. The molecule has 426 valence electrons. The number of allylic oxidation sites excluding steroid dienone is 4. The van der Waals surface area contributed by atoms with E-state index in [9.17, 15) is 5.53 Å². The fourth-order valence-corrected chi connectivity index (χ4v) is 10.3. The standard InChI is InChI=1S/C55H88N2.2C8H17.Ni/c1-7-13-19-22-25-26-27-30-33-39-53-52(38-18-12-6)54(50-42-46(34-16-10-4)40-47(43-50)35-17-11-5)57(56)55(53)51-44-48(36-31-28-23-20-14-8-2)41-49(45-51)37-32-29-24-21-15-9-3;2*1-3-5-7-8-6-4-2;/h33,39-45H,7-32,34-38H2,1-6H3;2*1,3-8H2,2H3;/q;2*-1;+2. The van der Waals surface area contributed by atoms with Crippen molar-refractivity contribution in [2.75, 3.05) is 0 Å². The topological polar surface area (TPSA) is 25.3 Å². The molecule has 0 aliphatic carbocycles. The average Bonchev–Trinajstić information content (AvgIpc) is 3.68. The maximum Gasteiger partial charge on any atom is 2.00 e. The van der Waals surface area contributed by atoms with E-state index < -0.39 is 0 Å². The van der Waals surface area contributed by atoms with Gasteiger partial charge in [-0.05, 0) is 124 Å². The molecule has 2 aromatic rings. The van der Waals surface area contributed by atoms with Crippen LogP contribution in [0.1, 0.15) is 339 Å². The van der Waals surface area contributed by atoms with E-state index in [0.29, 0.717) is 0 Å². The summed E-state index contributed by atoms with van der Waals surface area (Å²) in [6, 6.07) is 14.7. The van der Waals surface area contributed by atoms with Crippen molar-refractivity contribution in [3.05, 3.63) is 112 Å². The van der Waals surface area contributed by atoms with Crippen molar-refractivity contribution in [2.24, 2.45) is 0 Å². The predicted molar refractivity (Wildman–Crippen MR) is 330 cm³/mol. The summed E-state index contributed by atoms with van der Waals surface area (Å²) in [4.78, 5) is 0. The van der Waals surface area contributed by atoms with E-state index in [4.69, 9.17) is 0 Å². The minimum atomic E-state index is 0. The number of unbranched alkanes of at least 4 members (excludes halogenated alkanes) is 30. The summed E-state index contributed by atoms with van der Waals surface area (Å²) >= 11 is 0. The van der Waals surface area contributed by atoms with E-state index in [1.54, 1.807) is 4.70 Å². The zero-order valence-electron chi connectivity index (χ0n) is 50.6. The van der Waals surface area contributed by atoms with Crippen molar-refractivity contribution < 1.29 is 21.2 Å². The first-order valence-electron chi connectivity index (χ1n) is 32.3. The van der Waals surface area contributed by atoms with Crippen LogP contribution in [0.25, 0.3) is 16.9 Å². The van der Waals surface area contributed by atoms with Gasteiger partial charge < -0.3 is 19.4 Å². The van der Waals surface area contributed by atoms with Crippen molar-refractivity contribution >= 4 is 11.4 Å². The number of aryl methyl sites for hydroxylation is 4. The minimum absolute atomic E-state index is 0. The van der Waals surface area contributed by atoms with Crippen LogP contribution in [0.3, 0.4) is 0 Å². The monoisotopic (exact) mass is 1060 g/mol.